The maximum Gasteiger partial charge on any atom is 0.314 e. The van der Waals surface area contributed by atoms with Gasteiger partial charge in [0.2, 0.25) is 17.3 Å². The number of Topliss-reactive ketones (excluding diaryl/α,β-unsaturated/α-hetero) is 4. The molecule has 0 saturated heterocycles. The lowest BCUT2D eigenvalue weighted by atomic mass is 9.91. The Morgan fingerprint density at radius 2 is 0.811 bits per heavy atom. The molecule has 0 bridgehead atoms. The number of carbonyl (C=O) groups is 5. The summed E-state index contributed by atoms with van der Waals surface area (Å²) in [5.41, 5.74) is 13.6. The van der Waals surface area contributed by atoms with Crippen LogP contribution < -0.4 is 0 Å². The van der Waals surface area contributed by atoms with Crippen LogP contribution in [0.5, 0.6) is 0 Å². The van der Waals surface area contributed by atoms with Crippen molar-refractivity contribution in [3.8, 4) is 0 Å². The van der Waals surface area contributed by atoms with E-state index in [1.54, 1.807) is 18.6 Å². The Bertz CT molecular complexity index is 2920. The van der Waals surface area contributed by atoms with Crippen molar-refractivity contribution in [3.05, 3.63) is 211 Å². The van der Waals surface area contributed by atoms with Crippen LogP contribution in [0.4, 0.5) is 0 Å². The van der Waals surface area contributed by atoms with Crippen LogP contribution in [-0.2, 0) is 52.9 Å². The predicted molar refractivity (Wildman–Crippen MR) is 302 cm³/mol. The molecule has 0 unspecified atom stereocenters. The number of likely N-dealkylation sites (N-methyl/N-ethyl adjacent to an activating group) is 1. The molecule has 0 fully saturated rings. The number of hydrazone groups is 1. The monoisotopic (exact) mass is 994 g/mol. The van der Waals surface area contributed by atoms with Gasteiger partial charge in [0, 0.05) is 30.0 Å². The van der Waals surface area contributed by atoms with Gasteiger partial charge in [-0.25, -0.2) is 5.01 Å². The standard InChI is InChI=1S/2C21H24N2O2.C21H23NO2/c1-5-17-12-15(3)13-18(6-2)19(17)20(24)21(25-4)23-22-14-16-10-8-7-9-11-16;1-5-17-12-15(3)13-18(6-2)19(17)20(24)21(25)23(4)22-14-16-10-8-7-9-11-16;1-4-17-11-15(3)12-18(5-2)20(17)21(24)19(23)14-22-13-16-9-7-6-8-10-16/h2*7-14H,5-6H2,1-4H3;6-13H,4-5,14H2,1-3H3. The normalized spacial score (nSPS) is 11.2. The molecule has 1 amide bonds. The van der Waals surface area contributed by atoms with Crippen molar-refractivity contribution in [3.63, 3.8) is 0 Å². The molecule has 6 rings (SSSR count). The van der Waals surface area contributed by atoms with E-state index in [0.717, 1.165) is 97.5 Å². The molecule has 6 aromatic rings. The Morgan fingerprint density at radius 3 is 1.18 bits per heavy atom. The number of ether oxygens (including phenoxy) is 1. The van der Waals surface area contributed by atoms with Crippen molar-refractivity contribution in [2.24, 2.45) is 20.3 Å². The topological polar surface area (TPSA) is 147 Å². The molecule has 0 aliphatic heterocycles. The number of hydrogen-bond donors (Lipinski definition) is 0. The molecular formula is C63H71N5O6. The second-order valence-corrected chi connectivity index (χ2v) is 17.5. The largest absolute Gasteiger partial charge is 0.477 e. The number of carbonyl (C=O) groups excluding carboxylic acids is 5. The Hall–Kier alpha value is -8.05. The van der Waals surface area contributed by atoms with E-state index >= 15 is 0 Å². The molecule has 384 valence electrons. The predicted octanol–water partition coefficient (Wildman–Crippen LogP) is 12.2. The molecule has 11 heteroatoms. The van der Waals surface area contributed by atoms with Gasteiger partial charge in [-0.05, 0) is 109 Å². The van der Waals surface area contributed by atoms with Gasteiger partial charge in [-0.2, -0.15) is 10.2 Å². The SMILES string of the molecule is CCc1cc(C)cc(CC)c1C(=O)C(=NN=Cc1ccccc1)OC.CCc1cc(C)cc(CC)c1C(=O)C(=O)CN=Cc1ccccc1.CCc1cc(C)cc(CC)c1C(=O)C(=O)N(C)N=Cc1ccccc1. The summed E-state index contributed by atoms with van der Waals surface area (Å²) in [7, 11) is 2.95. The summed E-state index contributed by atoms with van der Waals surface area (Å²) < 4.78 is 5.22. The van der Waals surface area contributed by atoms with Gasteiger partial charge in [-0.15, -0.1) is 5.10 Å². The average molecular weight is 994 g/mol. The molecule has 0 aromatic heterocycles. The van der Waals surface area contributed by atoms with Crippen LogP contribution >= 0.6 is 0 Å². The Balaban J connectivity index is 0.000000240. The van der Waals surface area contributed by atoms with Crippen LogP contribution in [0, 0.1) is 20.8 Å². The molecule has 0 N–H and O–H groups in total. The fourth-order valence-corrected chi connectivity index (χ4v) is 8.33. The number of hydrogen-bond acceptors (Lipinski definition) is 10. The molecule has 0 saturated carbocycles. The van der Waals surface area contributed by atoms with Gasteiger partial charge >= 0.3 is 5.91 Å². The van der Waals surface area contributed by atoms with Crippen molar-refractivity contribution in [2.75, 3.05) is 20.7 Å². The second-order valence-electron chi connectivity index (χ2n) is 17.5. The number of amides is 1. The van der Waals surface area contributed by atoms with Crippen molar-refractivity contribution < 1.29 is 28.7 Å². The van der Waals surface area contributed by atoms with Crippen LogP contribution in [0.15, 0.2) is 148 Å². The number of nitrogens with zero attached hydrogens (tertiary/aromatic N) is 5. The average Bonchev–Trinajstić information content (AvgIpc) is 3.42. The number of benzene rings is 6. The lowest BCUT2D eigenvalue weighted by molar-refractivity contribution is -0.125. The Kier molecular flexibility index (Phi) is 23.8. The first-order valence-corrected chi connectivity index (χ1v) is 25.3. The van der Waals surface area contributed by atoms with Gasteiger partial charge in [0.05, 0.1) is 19.5 Å². The Labute approximate surface area is 438 Å². The minimum absolute atomic E-state index is 0.000402. The van der Waals surface area contributed by atoms with Crippen LogP contribution in [-0.4, -0.2) is 79.3 Å². The quantitative estimate of drug-likeness (QED) is 0.0259. The molecule has 0 aliphatic carbocycles. The van der Waals surface area contributed by atoms with Crippen LogP contribution in [0.25, 0.3) is 0 Å². The zero-order chi connectivity index (χ0) is 54.2. The second kappa shape index (κ2) is 30.1. The molecular weight excluding hydrogens is 923 g/mol. The van der Waals surface area contributed by atoms with Gasteiger partial charge in [0.25, 0.3) is 11.7 Å². The summed E-state index contributed by atoms with van der Waals surface area (Å²) in [6.07, 6.45) is 9.24. The van der Waals surface area contributed by atoms with E-state index in [1.807, 2.05) is 190 Å². The third-order valence-electron chi connectivity index (χ3n) is 12.0. The summed E-state index contributed by atoms with van der Waals surface area (Å²) >= 11 is 0. The molecule has 11 nitrogen and oxygen atoms in total. The Morgan fingerprint density at radius 1 is 0.473 bits per heavy atom. The number of aryl methyl sites for hydroxylation is 9. The van der Waals surface area contributed by atoms with Crippen LogP contribution in [0.1, 0.15) is 139 Å². The van der Waals surface area contributed by atoms with E-state index in [1.165, 1.54) is 14.2 Å². The van der Waals surface area contributed by atoms with Crippen molar-refractivity contribution in [2.45, 2.75) is 101 Å². The molecule has 0 radical (unpaired) electrons. The molecule has 0 atom stereocenters. The number of ketones is 4. The first-order valence-electron chi connectivity index (χ1n) is 25.3. The molecule has 0 heterocycles. The molecule has 74 heavy (non-hydrogen) atoms. The maximum atomic E-state index is 13.0. The number of aliphatic imine (C=N–C) groups is 1. The summed E-state index contributed by atoms with van der Waals surface area (Å²) in [4.78, 5) is 67.4. The highest BCUT2D eigenvalue weighted by Gasteiger charge is 2.26. The third kappa shape index (κ3) is 16.8. The lowest BCUT2D eigenvalue weighted by Crippen LogP contribution is -2.31. The van der Waals surface area contributed by atoms with E-state index in [2.05, 4.69) is 20.3 Å². The van der Waals surface area contributed by atoms with Crippen LogP contribution in [0.3, 0.4) is 0 Å². The zero-order valence-corrected chi connectivity index (χ0v) is 45.0. The van der Waals surface area contributed by atoms with Gasteiger partial charge in [-0.3, -0.25) is 29.0 Å². The van der Waals surface area contributed by atoms with E-state index < -0.39 is 23.3 Å². The van der Waals surface area contributed by atoms with E-state index in [-0.39, 0.29) is 18.2 Å². The van der Waals surface area contributed by atoms with Crippen molar-refractivity contribution in [1.82, 2.24) is 5.01 Å². The van der Waals surface area contributed by atoms with Crippen LogP contribution in [0.2, 0.25) is 0 Å². The van der Waals surface area contributed by atoms with Gasteiger partial charge in [0.1, 0.15) is 6.54 Å². The van der Waals surface area contributed by atoms with Crippen molar-refractivity contribution in [1.29, 1.82) is 0 Å². The zero-order valence-electron chi connectivity index (χ0n) is 45.0. The molecule has 0 spiro atoms. The third-order valence-corrected chi connectivity index (χ3v) is 12.0. The van der Waals surface area contributed by atoms with E-state index in [4.69, 9.17) is 4.74 Å². The lowest BCUT2D eigenvalue weighted by Gasteiger charge is -2.15. The van der Waals surface area contributed by atoms with E-state index in [9.17, 15) is 24.0 Å². The fourth-order valence-electron chi connectivity index (χ4n) is 8.33. The smallest absolute Gasteiger partial charge is 0.314 e. The number of methoxy groups -OCH3 is 1. The number of rotatable bonds is 19. The summed E-state index contributed by atoms with van der Waals surface area (Å²) in [5, 5.41) is 13.2. The summed E-state index contributed by atoms with van der Waals surface area (Å²) in [6, 6.07) is 40.6. The highest BCUT2D eigenvalue weighted by molar-refractivity contribution is 6.45. The summed E-state index contributed by atoms with van der Waals surface area (Å²) in [6.45, 7) is 18.0. The minimum atomic E-state index is -0.625. The molecule has 0 aliphatic rings. The van der Waals surface area contributed by atoms with Crippen molar-refractivity contribution >= 4 is 53.6 Å². The minimum Gasteiger partial charge on any atom is -0.477 e. The van der Waals surface area contributed by atoms with Gasteiger partial charge in [-0.1, -0.05) is 186 Å². The first kappa shape index (κ1) is 58.5. The maximum absolute atomic E-state index is 13.0. The van der Waals surface area contributed by atoms with Gasteiger partial charge in [0.15, 0.2) is 0 Å². The summed E-state index contributed by atoms with van der Waals surface area (Å²) in [5.74, 6) is -2.23. The first-order chi connectivity index (χ1) is 35.6. The molecule has 6 aromatic carbocycles. The highest BCUT2D eigenvalue weighted by atomic mass is 16.5. The van der Waals surface area contributed by atoms with Gasteiger partial charge < -0.3 is 4.74 Å². The highest BCUT2D eigenvalue weighted by Crippen LogP contribution is 2.23. The fraction of sp³-hybridized carbons (Fsp3) is 0.286. The van der Waals surface area contributed by atoms with E-state index in [0.29, 0.717) is 29.5 Å².